The first-order valence-electron chi connectivity index (χ1n) is 7.55. The van der Waals surface area contributed by atoms with Crippen molar-refractivity contribution < 1.29 is 4.79 Å². The largest absolute Gasteiger partial charge is 0.341 e. The molecule has 3 heteroatoms. The van der Waals surface area contributed by atoms with Crippen LogP contribution in [0.1, 0.15) is 25.0 Å². The highest BCUT2D eigenvalue weighted by molar-refractivity contribution is 5.87. The van der Waals surface area contributed by atoms with E-state index in [2.05, 4.69) is 41.4 Å². The van der Waals surface area contributed by atoms with Gasteiger partial charge in [0.2, 0.25) is 5.91 Å². The number of aryl methyl sites for hydroxylation is 1. The van der Waals surface area contributed by atoms with Crippen LogP contribution in [0.3, 0.4) is 0 Å². The Labute approximate surface area is 121 Å². The minimum Gasteiger partial charge on any atom is -0.341 e. The van der Waals surface area contributed by atoms with Gasteiger partial charge in [-0.3, -0.25) is 4.79 Å². The molecule has 0 aromatic heterocycles. The number of likely N-dealkylation sites (tertiary alicyclic amines) is 1. The topological polar surface area (TPSA) is 32.3 Å². The maximum Gasteiger partial charge on any atom is 0.232 e. The predicted molar refractivity (Wildman–Crippen MR) is 80.6 cm³/mol. The Kier molecular flexibility index (Phi) is 3.33. The summed E-state index contributed by atoms with van der Waals surface area (Å²) < 4.78 is 0. The summed E-state index contributed by atoms with van der Waals surface area (Å²) in [6.45, 7) is 10.2. The van der Waals surface area contributed by atoms with Gasteiger partial charge in [0.25, 0.3) is 0 Å². The lowest BCUT2D eigenvalue weighted by Gasteiger charge is -2.30. The van der Waals surface area contributed by atoms with E-state index in [0.29, 0.717) is 11.8 Å². The summed E-state index contributed by atoms with van der Waals surface area (Å²) in [5, 5.41) is 3.42. The van der Waals surface area contributed by atoms with Crippen LogP contribution < -0.4 is 5.32 Å². The third-order valence-corrected chi connectivity index (χ3v) is 4.98. The zero-order valence-corrected chi connectivity index (χ0v) is 12.6. The minimum atomic E-state index is -0.431. The monoisotopic (exact) mass is 272 g/mol. The number of carbonyl (C=O) groups is 1. The van der Waals surface area contributed by atoms with E-state index in [-0.39, 0.29) is 5.91 Å². The van der Waals surface area contributed by atoms with E-state index in [0.717, 1.165) is 31.7 Å². The molecule has 3 nitrogen and oxygen atoms in total. The van der Waals surface area contributed by atoms with Crippen molar-refractivity contribution >= 4 is 5.91 Å². The summed E-state index contributed by atoms with van der Waals surface area (Å²) in [7, 11) is 0. The summed E-state index contributed by atoms with van der Waals surface area (Å²) in [5.74, 6) is 1.59. The van der Waals surface area contributed by atoms with Gasteiger partial charge in [-0.05, 0) is 38.2 Å². The molecule has 0 radical (unpaired) electrons. The van der Waals surface area contributed by atoms with Crippen LogP contribution in [0.15, 0.2) is 24.3 Å². The number of amides is 1. The predicted octanol–water partition coefficient (Wildman–Crippen LogP) is 1.95. The molecule has 1 N–H and O–H groups in total. The summed E-state index contributed by atoms with van der Waals surface area (Å²) >= 11 is 0. The summed E-state index contributed by atoms with van der Waals surface area (Å²) in [4.78, 5) is 15.0. The summed E-state index contributed by atoms with van der Waals surface area (Å²) in [5.41, 5.74) is 1.92. The van der Waals surface area contributed by atoms with Crippen LogP contribution in [0.5, 0.6) is 0 Å². The number of fused-ring (bicyclic) bond motifs is 1. The molecule has 2 saturated heterocycles. The van der Waals surface area contributed by atoms with Crippen molar-refractivity contribution in [1.29, 1.82) is 0 Å². The van der Waals surface area contributed by atoms with Crippen LogP contribution >= 0.6 is 0 Å². The molecule has 2 heterocycles. The van der Waals surface area contributed by atoms with Gasteiger partial charge in [-0.15, -0.1) is 0 Å². The second kappa shape index (κ2) is 4.88. The second-order valence-electron chi connectivity index (χ2n) is 6.88. The molecule has 0 saturated carbocycles. The molecule has 2 fully saturated rings. The van der Waals surface area contributed by atoms with Gasteiger partial charge in [0.1, 0.15) is 0 Å². The molecule has 1 aromatic rings. The first-order valence-corrected chi connectivity index (χ1v) is 7.55. The molecule has 2 atom stereocenters. The Balaban J connectivity index is 1.77. The summed E-state index contributed by atoms with van der Waals surface area (Å²) in [6.07, 6.45) is 0. The molecule has 1 amide bonds. The zero-order chi connectivity index (χ0) is 14.3. The molecule has 108 valence electrons. The highest BCUT2D eigenvalue weighted by Gasteiger charge is 2.42. The van der Waals surface area contributed by atoms with Gasteiger partial charge in [-0.2, -0.15) is 0 Å². The van der Waals surface area contributed by atoms with E-state index in [4.69, 9.17) is 0 Å². The smallest absolute Gasteiger partial charge is 0.232 e. The number of hydrogen-bond acceptors (Lipinski definition) is 2. The third kappa shape index (κ3) is 2.24. The van der Waals surface area contributed by atoms with E-state index in [9.17, 15) is 4.79 Å². The van der Waals surface area contributed by atoms with E-state index in [1.165, 1.54) is 5.56 Å². The molecule has 20 heavy (non-hydrogen) atoms. The number of benzene rings is 1. The first kappa shape index (κ1) is 13.6. The number of nitrogens with one attached hydrogen (secondary N) is 1. The fraction of sp³-hybridized carbons (Fsp3) is 0.588. The van der Waals surface area contributed by atoms with Crippen LogP contribution in [-0.2, 0) is 10.2 Å². The molecule has 0 aliphatic carbocycles. The van der Waals surface area contributed by atoms with Crippen LogP contribution in [-0.4, -0.2) is 37.0 Å². The van der Waals surface area contributed by atoms with Crippen molar-refractivity contribution in [3.05, 3.63) is 35.4 Å². The van der Waals surface area contributed by atoms with Gasteiger partial charge in [0.15, 0.2) is 0 Å². The molecule has 2 aliphatic rings. The lowest BCUT2D eigenvalue weighted by Crippen LogP contribution is -2.43. The van der Waals surface area contributed by atoms with E-state index < -0.39 is 5.41 Å². The zero-order valence-electron chi connectivity index (χ0n) is 12.6. The average Bonchev–Trinajstić information content (AvgIpc) is 2.99. The number of rotatable bonds is 2. The molecule has 1 aromatic carbocycles. The van der Waals surface area contributed by atoms with Gasteiger partial charge in [-0.1, -0.05) is 29.8 Å². The van der Waals surface area contributed by atoms with Gasteiger partial charge in [0, 0.05) is 26.2 Å². The third-order valence-electron chi connectivity index (χ3n) is 4.98. The van der Waals surface area contributed by atoms with Crippen molar-refractivity contribution in [2.45, 2.75) is 26.2 Å². The molecule has 2 aliphatic heterocycles. The van der Waals surface area contributed by atoms with Gasteiger partial charge in [0.05, 0.1) is 5.41 Å². The SMILES string of the molecule is Cc1ccc(C(C)(C)C(=O)N2C[C@H]3CNC[C@H]3C2)cc1. The number of hydrogen-bond donors (Lipinski definition) is 1. The Morgan fingerprint density at radius 3 is 2.25 bits per heavy atom. The van der Waals surface area contributed by atoms with E-state index >= 15 is 0 Å². The number of nitrogens with zero attached hydrogens (tertiary/aromatic N) is 1. The molecular weight excluding hydrogens is 248 g/mol. The van der Waals surface area contributed by atoms with Gasteiger partial charge in [-0.25, -0.2) is 0 Å². The molecule has 0 unspecified atom stereocenters. The first-order chi connectivity index (χ1) is 9.48. The maximum atomic E-state index is 12.9. The Bertz CT molecular complexity index is 494. The van der Waals surface area contributed by atoms with Crippen LogP contribution in [0.2, 0.25) is 0 Å². The average molecular weight is 272 g/mol. The fourth-order valence-corrected chi connectivity index (χ4v) is 3.51. The van der Waals surface area contributed by atoms with Crippen LogP contribution in [0.4, 0.5) is 0 Å². The molecule has 0 bridgehead atoms. The van der Waals surface area contributed by atoms with E-state index in [1.54, 1.807) is 0 Å². The molecule has 3 rings (SSSR count). The quantitative estimate of drug-likeness (QED) is 0.892. The lowest BCUT2D eigenvalue weighted by molar-refractivity contribution is -0.135. The number of carbonyl (C=O) groups excluding carboxylic acids is 1. The van der Waals surface area contributed by atoms with Gasteiger partial charge < -0.3 is 10.2 Å². The highest BCUT2D eigenvalue weighted by Crippen LogP contribution is 2.32. The Hall–Kier alpha value is -1.35. The standard InChI is InChI=1S/C17H24N2O/c1-12-4-6-15(7-5-12)17(2,3)16(20)19-10-13-8-18-9-14(13)11-19/h4-7,13-14,18H,8-11H2,1-3H3/t13-,14+. The fourth-order valence-electron chi connectivity index (χ4n) is 3.51. The van der Waals surface area contributed by atoms with Crippen molar-refractivity contribution in [2.24, 2.45) is 11.8 Å². The molecule has 0 spiro atoms. The van der Waals surface area contributed by atoms with Crippen molar-refractivity contribution in [3.8, 4) is 0 Å². The minimum absolute atomic E-state index is 0.274. The Morgan fingerprint density at radius 1 is 1.15 bits per heavy atom. The summed E-state index contributed by atoms with van der Waals surface area (Å²) in [6, 6.07) is 8.36. The van der Waals surface area contributed by atoms with Gasteiger partial charge >= 0.3 is 0 Å². The van der Waals surface area contributed by atoms with Crippen molar-refractivity contribution in [3.63, 3.8) is 0 Å². The highest BCUT2D eigenvalue weighted by atomic mass is 16.2. The van der Waals surface area contributed by atoms with E-state index in [1.807, 2.05) is 13.8 Å². The normalized spacial score (nSPS) is 25.9. The maximum absolute atomic E-state index is 12.9. The van der Waals surface area contributed by atoms with Crippen molar-refractivity contribution in [2.75, 3.05) is 26.2 Å². The van der Waals surface area contributed by atoms with Crippen LogP contribution in [0, 0.1) is 18.8 Å². The van der Waals surface area contributed by atoms with Crippen LogP contribution in [0.25, 0.3) is 0 Å². The van der Waals surface area contributed by atoms with Crippen molar-refractivity contribution in [1.82, 2.24) is 10.2 Å². The lowest BCUT2D eigenvalue weighted by atomic mass is 9.83. The second-order valence-corrected chi connectivity index (χ2v) is 6.88. The Morgan fingerprint density at radius 2 is 1.70 bits per heavy atom. The molecular formula is C17H24N2O.